The summed E-state index contributed by atoms with van der Waals surface area (Å²) in [6.45, 7) is 5.76. The van der Waals surface area contributed by atoms with Gasteiger partial charge in [0.2, 0.25) is 0 Å². The Morgan fingerprint density at radius 1 is 1.08 bits per heavy atom. The van der Waals surface area contributed by atoms with Crippen LogP contribution in [0.15, 0.2) is 42.5 Å². The van der Waals surface area contributed by atoms with Crippen molar-refractivity contribution >= 4 is 17.5 Å². The van der Waals surface area contributed by atoms with Crippen molar-refractivity contribution in [3.63, 3.8) is 0 Å². The first-order chi connectivity index (χ1) is 12.6. The van der Waals surface area contributed by atoms with Crippen molar-refractivity contribution in [2.45, 2.75) is 33.1 Å². The minimum absolute atomic E-state index is 0.0968. The van der Waals surface area contributed by atoms with Gasteiger partial charge in [0.25, 0.3) is 11.8 Å². The molecule has 0 atom stereocenters. The highest BCUT2D eigenvalue weighted by atomic mass is 16.2. The molecule has 0 unspecified atom stereocenters. The van der Waals surface area contributed by atoms with Gasteiger partial charge in [-0.25, -0.2) is 4.98 Å². The number of likely N-dealkylation sites (tertiary alicyclic amines) is 1. The van der Waals surface area contributed by atoms with Crippen LogP contribution in [0.4, 0.5) is 5.69 Å². The maximum absolute atomic E-state index is 12.7. The van der Waals surface area contributed by atoms with E-state index in [0.717, 1.165) is 43.6 Å². The van der Waals surface area contributed by atoms with Crippen molar-refractivity contribution in [1.29, 1.82) is 0 Å². The fourth-order valence-corrected chi connectivity index (χ4v) is 3.19. The second-order valence-electron chi connectivity index (χ2n) is 6.85. The lowest BCUT2D eigenvalue weighted by atomic mass is 9.99. The Balaban J connectivity index is 1.74. The highest BCUT2D eigenvalue weighted by Crippen LogP contribution is 2.19. The van der Waals surface area contributed by atoms with Gasteiger partial charge in [-0.05, 0) is 48.9 Å². The summed E-state index contributed by atoms with van der Waals surface area (Å²) in [5.41, 5.74) is 2.43. The highest BCUT2D eigenvalue weighted by Gasteiger charge is 2.23. The van der Waals surface area contributed by atoms with Gasteiger partial charge in [0, 0.05) is 18.8 Å². The molecule has 2 amide bonds. The quantitative estimate of drug-likeness (QED) is 0.912. The summed E-state index contributed by atoms with van der Waals surface area (Å²) < 4.78 is 0. The van der Waals surface area contributed by atoms with Gasteiger partial charge in [0.15, 0.2) is 0 Å². The fraction of sp³-hybridized carbons (Fsp3) is 0.381. The van der Waals surface area contributed by atoms with Crippen LogP contribution in [0, 0.1) is 5.92 Å². The van der Waals surface area contributed by atoms with Gasteiger partial charge in [-0.1, -0.05) is 38.1 Å². The summed E-state index contributed by atoms with van der Waals surface area (Å²) in [5.74, 6) is 0.260. The van der Waals surface area contributed by atoms with E-state index < -0.39 is 0 Å². The van der Waals surface area contributed by atoms with E-state index in [1.165, 1.54) is 0 Å². The van der Waals surface area contributed by atoms with Crippen molar-refractivity contribution in [2.75, 3.05) is 18.4 Å². The number of pyridine rings is 1. The van der Waals surface area contributed by atoms with Crippen molar-refractivity contribution in [3.05, 3.63) is 59.4 Å². The van der Waals surface area contributed by atoms with Crippen molar-refractivity contribution in [3.8, 4) is 0 Å². The molecule has 0 radical (unpaired) electrons. The lowest BCUT2D eigenvalue weighted by Gasteiger charge is -2.30. The van der Waals surface area contributed by atoms with Gasteiger partial charge in [-0.2, -0.15) is 0 Å². The van der Waals surface area contributed by atoms with E-state index in [1.54, 1.807) is 18.2 Å². The summed E-state index contributed by atoms with van der Waals surface area (Å²) >= 11 is 0. The molecule has 1 aromatic heterocycles. The van der Waals surface area contributed by atoms with E-state index in [-0.39, 0.29) is 17.5 Å². The first-order valence-corrected chi connectivity index (χ1v) is 9.24. The van der Waals surface area contributed by atoms with Crippen LogP contribution >= 0.6 is 0 Å². The van der Waals surface area contributed by atoms with Crippen molar-refractivity contribution in [2.24, 2.45) is 5.92 Å². The maximum atomic E-state index is 12.7. The number of aromatic nitrogens is 1. The Labute approximate surface area is 154 Å². The van der Waals surface area contributed by atoms with Crippen LogP contribution in [0.3, 0.4) is 0 Å². The minimum atomic E-state index is -0.298. The molecule has 3 rings (SSSR count). The number of amides is 2. The molecule has 0 aliphatic carbocycles. The molecule has 0 saturated carbocycles. The first kappa shape index (κ1) is 18.1. The van der Waals surface area contributed by atoms with E-state index in [2.05, 4.69) is 17.2 Å². The average Bonchev–Trinajstić information content (AvgIpc) is 2.68. The Bertz CT molecular complexity index is 795. The number of hydrogen-bond donors (Lipinski definition) is 1. The third-order valence-corrected chi connectivity index (χ3v) is 4.92. The van der Waals surface area contributed by atoms with Gasteiger partial charge in [-0.15, -0.1) is 0 Å². The highest BCUT2D eigenvalue weighted by molar-refractivity contribution is 6.04. The summed E-state index contributed by atoms with van der Waals surface area (Å²) in [5, 5.41) is 2.90. The molecule has 0 spiro atoms. The molecule has 5 nitrogen and oxygen atoms in total. The lowest BCUT2D eigenvalue weighted by Crippen LogP contribution is -2.38. The largest absolute Gasteiger partial charge is 0.337 e. The number of carbonyl (C=O) groups excluding carboxylic acids is 2. The molecule has 1 saturated heterocycles. The second kappa shape index (κ2) is 8.13. The fourth-order valence-electron chi connectivity index (χ4n) is 3.19. The zero-order valence-electron chi connectivity index (χ0n) is 15.4. The summed E-state index contributed by atoms with van der Waals surface area (Å²) in [6, 6.07) is 12.7. The zero-order valence-corrected chi connectivity index (χ0v) is 15.4. The van der Waals surface area contributed by atoms with Crippen LogP contribution in [-0.2, 0) is 6.42 Å². The lowest BCUT2D eigenvalue weighted by molar-refractivity contribution is 0.0691. The van der Waals surface area contributed by atoms with Gasteiger partial charge in [0.1, 0.15) is 11.4 Å². The number of carbonyl (C=O) groups is 2. The van der Waals surface area contributed by atoms with Gasteiger partial charge in [-0.3, -0.25) is 9.59 Å². The third-order valence-electron chi connectivity index (χ3n) is 4.92. The molecule has 26 heavy (non-hydrogen) atoms. The van der Waals surface area contributed by atoms with Crippen LogP contribution in [0.5, 0.6) is 0 Å². The first-order valence-electron chi connectivity index (χ1n) is 9.24. The Morgan fingerprint density at radius 2 is 1.77 bits per heavy atom. The number of benzene rings is 1. The average molecular weight is 351 g/mol. The summed E-state index contributed by atoms with van der Waals surface area (Å²) in [6.07, 6.45) is 2.86. The van der Waals surface area contributed by atoms with Gasteiger partial charge < -0.3 is 10.2 Å². The second-order valence-corrected chi connectivity index (χ2v) is 6.85. The zero-order chi connectivity index (χ0) is 18.5. The maximum Gasteiger partial charge on any atom is 0.274 e. The number of hydrogen-bond acceptors (Lipinski definition) is 3. The van der Waals surface area contributed by atoms with E-state index in [4.69, 9.17) is 0 Å². The molecular formula is C21H25N3O2. The van der Waals surface area contributed by atoms with E-state index in [9.17, 15) is 9.59 Å². The number of nitrogens with one attached hydrogen (secondary N) is 1. The smallest absolute Gasteiger partial charge is 0.274 e. The van der Waals surface area contributed by atoms with Gasteiger partial charge in [0.05, 0.1) is 0 Å². The Kier molecular flexibility index (Phi) is 5.66. The monoisotopic (exact) mass is 351 g/mol. The molecule has 0 bridgehead atoms. The SMILES string of the molecule is CCc1ccccc1NC(=O)c1cccc(C(=O)N2CCC(C)CC2)n1. The molecule has 136 valence electrons. The van der Waals surface area contributed by atoms with Gasteiger partial charge >= 0.3 is 0 Å². The van der Waals surface area contributed by atoms with E-state index in [0.29, 0.717) is 11.6 Å². The molecule has 1 aliphatic rings. The third kappa shape index (κ3) is 4.10. The van der Waals surface area contributed by atoms with Crippen LogP contribution in [0.25, 0.3) is 0 Å². The molecule has 1 fully saturated rings. The molecule has 2 heterocycles. The molecule has 1 N–H and O–H groups in total. The Morgan fingerprint density at radius 3 is 2.50 bits per heavy atom. The molecule has 1 aromatic carbocycles. The number of para-hydroxylation sites is 1. The summed E-state index contributed by atoms with van der Waals surface area (Å²) in [7, 11) is 0. The van der Waals surface area contributed by atoms with Crippen LogP contribution in [0.1, 0.15) is 53.2 Å². The van der Waals surface area contributed by atoms with Crippen molar-refractivity contribution < 1.29 is 9.59 Å². The summed E-state index contributed by atoms with van der Waals surface area (Å²) in [4.78, 5) is 31.4. The van der Waals surface area contributed by atoms with Crippen LogP contribution in [-0.4, -0.2) is 34.8 Å². The topological polar surface area (TPSA) is 62.3 Å². The molecule has 1 aliphatic heterocycles. The number of nitrogens with zero attached hydrogens (tertiary/aromatic N) is 2. The van der Waals surface area contributed by atoms with Crippen LogP contribution < -0.4 is 5.32 Å². The predicted octanol–water partition coefficient (Wildman–Crippen LogP) is 3.77. The Hall–Kier alpha value is -2.69. The van der Waals surface area contributed by atoms with Crippen molar-refractivity contribution in [1.82, 2.24) is 9.88 Å². The number of aryl methyl sites for hydroxylation is 1. The van der Waals surface area contributed by atoms with E-state index >= 15 is 0 Å². The minimum Gasteiger partial charge on any atom is -0.337 e. The molecule has 5 heteroatoms. The predicted molar refractivity (Wildman–Crippen MR) is 102 cm³/mol. The van der Waals surface area contributed by atoms with Crippen LogP contribution in [0.2, 0.25) is 0 Å². The molecule has 2 aromatic rings. The molecular weight excluding hydrogens is 326 g/mol. The number of rotatable bonds is 4. The normalized spacial score (nSPS) is 14.9. The van der Waals surface area contributed by atoms with E-state index in [1.807, 2.05) is 36.1 Å². The number of piperidine rings is 1. The number of anilines is 1. The standard InChI is InChI=1S/C21H25N3O2/c1-3-16-7-4-5-8-17(16)23-20(25)18-9-6-10-19(22-18)21(26)24-13-11-15(2)12-14-24/h4-10,15H,3,11-14H2,1-2H3,(H,23,25).